The van der Waals surface area contributed by atoms with Gasteiger partial charge in [-0.25, -0.2) is 17.2 Å². The molecule has 2 aliphatic heterocycles. The summed E-state index contributed by atoms with van der Waals surface area (Å²) in [6.45, 7) is 3.66. The Labute approximate surface area is 171 Å². The Hall–Kier alpha value is -1.58. The number of likely N-dealkylation sites (tertiary alicyclic amines) is 2. The highest BCUT2D eigenvalue weighted by atomic mass is 32.2. The van der Waals surface area contributed by atoms with Crippen LogP contribution in [-0.2, 0) is 10.0 Å². The summed E-state index contributed by atoms with van der Waals surface area (Å²) < 4.78 is 53.6. The van der Waals surface area contributed by atoms with Crippen molar-refractivity contribution in [2.45, 2.75) is 38.1 Å². The lowest BCUT2D eigenvalue weighted by Gasteiger charge is -2.39. The molecule has 1 amide bonds. The van der Waals surface area contributed by atoms with Gasteiger partial charge in [-0.3, -0.25) is 4.79 Å². The largest absolute Gasteiger partial charge is 0.337 e. The van der Waals surface area contributed by atoms with Crippen LogP contribution in [0.25, 0.3) is 0 Å². The van der Waals surface area contributed by atoms with Gasteiger partial charge in [0.2, 0.25) is 10.0 Å². The second kappa shape index (κ2) is 9.49. The van der Waals surface area contributed by atoms with E-state index in [4.69, 9.17) is 0 Å². The lowest BCUT2D eigenvalue weighted by atomic mass is 10.0. The Kier molecular flexibility index (Phi) is 7.23. The van der Waals surface area contributed by atoms with Gasteiger partial charge in [-0.15, -0.1) is 0 Å². The number of benzene rings is 1. The van der Waals surface area contributed by atoms with E-state index < -0.39 is 27.6 Å². The monoisotopic (exact) mass is 429 g/mol. The lowest BCUT2D eigenvalue weighted by molar-refractivity contribution is 0.0642. The Bertz CT molecular complexity index is 828. The Morgan fingerprint density at radius 3 is 2.52 bits per heavy atom. The minimum Gasteiger partial charge on any atom is -0.337 e. The number of carbonyl (C=O) groups is 1. The Morgan fingerprint density at radius 2 is 1.86 bits per heavy atom. The van der Waals surface area contributed by atoms with Crippen molar-refractivity contribution in [2.75, 3.05) is 45.5 Å². The van der Waals surface area contributed by atoms with E-state index in [1.165, 1.54) is 21.9 Å². The first-order valence-electron chi connectivity index (χ1n) is 10.2. The maximum absolute atomic E-state index is 14.0. The van der Waals surface area contributed by atoms with Crippen LogP contribution in [-0.4, -0.2) is 80.0 Å². The summed E-state index contributed by atoms with van der Waals surface area (Å²) in [5.74, 6) is -2.17. The third kappa shape index (κ3) is 5.73. The molecule has 1 aromatic carbocycles. The summed E-state index contributed by atoms with van der Waals surface area (Å²) in [4.78, 5) is 16.5. The molecule has 0 N–H and O–H groups in total. The summed E-state index contributed by atoms with van der Waals surface area (Å²) in [6.07, 6.45) is 5.97. The van der Waals surface area contributed by atoms with Gasteiger partial charge in [0, 0.05) is 38.3 Å². The van der Waals surface area contributed by atoms with Crippen LogP contribution < -0.4 is 0 Å². The van der Waals surface area contributed by atoms with Crippen LogP contribution in [0.4, 0.5) is 8.78 Å². The summed E-state index contributed by atoms with van der Waals surface area (Å²) in [5, 5.41) is 0. The normalized spacial score (nSPS) is 21.5. The third-order valence-electron chi connectivity index (χ3n) is 5.76. The molecular formula is C20H29F2N3O3S. The first kappa shape index (κ1) is 22.1. The first-order chi connectivity index (χ1) is 13.8. The van der Waals surface area contributed by atoms with Crippen LogP contribution in [0.5, 0.6) is 0 Å². The molecule has 0 spiro atoms. The summed E-state index contributed by atoms with van der Waals surface area (Å²) >= 11 is 0. The van der Waals surface area contributed by atoms with Crippen molar-refractivity contribution < 1.29 is 22.0 Å². The SMILES string of the molecule is CS(=O)(=O)N(CCN1CCCCC1)C1CCCN(C(=O)c2ccc(F)cc2F)C1. The molecule has 2 saturated heterocycles. The van der Waals surface area contributed by atoms with Gasteiger partial charge in [-0.05, 0) is 50.9 Å². The second-order valence-corrected chi connectivity index (χ2v) is 9.88. The number of piperidine rings is 2. The van der Waals surface area contributed by atoms with Gasteiger partial charge < -0.3 is 9.80 Å². The fourth-order valence-electron chi connectivity index (χ4n) is 4.25. The van der Waals surface area contributed by atoms with E-state index in [2.05, 4.69) is 4.90 Å². The Balaban J connectivity index is 1.69. The standard InChI is InChI=1S/C20H29F2N3O3S/c1-29(27,28)25(13-12-23-9-3-2-4-10-23)17-6-5-11-24(15-17)20(26)18-8-7-16(21)14-19(18)22/h7-8,14,17H,2-6,9-13,15H2,1H3. The van der Waals surface area contributed by atoms with E-state index in [1.807, 2.05) is 0 Å². The highest BCUT2D eigenvalue weighted by molar-refractivity contribution is 7.88. The zero-order valence-electron chi connectivity index (χ0n) is 16.8. The molecular weight excluding hydrogens is 400 g/mol. The molecule has 0 aromatic heterocycles. The van der Waals surface area contributed by atoms with E-state index in [-0.39, 0.29) is 18.2 Å². The van der Waals surface area contributed by atoms with Crippen LogP contribution >= 0.6 is 0 Å². The fraction of sp³-hybridized carbons (Fsp3) is 0.650. The van der Waals surface area contributed by atoms with Crippen LogP contribution in [0, 0.1) is 11.6 Å². The number of halogens is 2. The van der Waals surface area contributed by atoms with Crippen LogP contribution in [0.15, 0.2) is 18.2 Å². The number of carbonyl (C=O) groups excluding carboxylic acids is 1. The highest BCUT2D eigenvalue weighted by Crippen LogP contribution is 2.22. The molecule has 0 bridgehead atoms. The number of hydrogen-bond acceptors (Lipinski definition) is 4. The molecule has 29 heavy (non-hydrogen) atoms. The molecule has 2 fully saturated rings. The van der Waals surface area contributed by atoms with Crippen molar-refractivity contribution >= 4 is 15.9 Å². The van der Waals surface area contributed by atoms with Crippen molar-refractivity contribution in [3.05, 3.63) is 35.4 Å². The van der Waals surface area contributed by atoms with Crippen molar-refractivity contribution in [2.24, 2.45) is 0 Å². The third-order valence-corrected chi connectivity index (χ3v) is 7.10. The molecule has 0 aliphatic carbocycles. The molecule has 9 heteroatoms. The molecule has 162 valence electrons. The molecule has 3 rings (SSSR count). The minimum atomic E-state index is -3.45. The lowest BCUT2D eigenvalue weighted by Crippen LogP contribution is -2.53. The van der Waals surface area contributed by atoms with Crippen LogP contribution in [0.3, 0.4) is 0 Å². The average molecular weight is 430 g/mol. The number of nitrogens with zero attached hydrogens (tertiary/aromatic N) is 3. The van der Waals surface area contributed by atoms with E-state index in [0.29, 0.717) is 38.5 Å². The maximum atomic E-state index is 14.0. The zero-order valence-corrected chi connectivity index (χ0v) is 17.6. The van der Waals surface area contributed by atoms with Gasteiger partial charge in [-0.2, -0.15) is 4.31 Å². The summed E-state index contributed by atoms with van der Waals surface area (Å²) in [6, 6.07) is 2.55. The zero-order chi connectivity index (χ0) is 21.0. The molecule has 6 nitrogen and oxygen atoms in total. The fourth-order valence-corrected chi connectivity index (χ4v) is 5.38. The van der Waals surface area contributed by atoms with Crippen molar-refractivity contribution in [1.82, 2.24) is 14.1 Å². The van der Waals surface area contributed by atoms with Gasteiger partial charge in [-0.1, -0.05) is 6.42 Å². The van der Waals surface area contributed by atoms with E-state index in [0.717, 1.165) is 38.1 Å². The Morgan fingerprint density at radius 1 is 1.14 bits per heavy atom. The second-order valence-electron chi connectivity index (χ2n) is 7.95. The van der Waals surface area contributed by atoms with Gasteiger partial charge in [0.1, 0.15) is 11.6 Å². The molecule has 2 aliphatic rings. The number of sulfonamides is 1. The predicted octanol–water partition coefficient (Wildman–Crippen LogP) is 2.32. The molecule has 1 aromatic rings. The quantitative estimate of drug-likeness (QED) is 0.696. The van der Waals surface area contributed by atoms with E-state index in [9.17, 15) is 22.0 Å². The molecule has 0 saturated carbocycles. The topological polar surface area (TPSA) is 60.9 Å². The summed E-state index contributed by atoms with van der Waals surface area (Å²) in [7, 11) is -3.45. The predicted molar refractivity (Wildman–Crippen MR) is 107 cm³/mol. The number of amides is 1. The maximum Gasteiger partial charge on any atom is 0.256 e. The first-order valence-corrected chi connectivity index (χ1v) is 12.0. The van der Waals surface area contributed by atoms with Crippen LogP contribution in [0.1, 0.15) is 42.5 Å². The minimum absolute atomic E-state index is 0.189. The molecule has 1 unspecified atom stereocenters. The van der Waals surface area contributed by atoms with Gasteiger partial charge in [0.05, 0.1) is 11.8 Å². The summed E-state index contributed by atoms with van der Waals surface area (Å²) in [5.41, 5.74) is -0.189. The number of rotatable bonds is 6. The smallest absolute Gasteiger partial charge is 0.256 e. The van der Waals surface area contributed by atoms with Gasteiger partial charge >= 0.3 is 0 Å². The molecule has 0 radical (unpaired) electrons. The molecule has 2 heterocycles. The van der Waals surface area contributed by atoms with Crippen molar-refractivity contribution in [3.63, 3.8) is 0 Å². The highest BCUT2D eigenvalue weighted by Gasteiger charge is 2.33. The van der Waals surface area contributed by atoms with Crippen LogP contribution in [0.2, 0.25) is 0 Å². The van der Waals surface area contributed by atoms with E-state index in [1.54, 1.807) is 0 Å². The van der Waals surface area contributed by atoms with Gasteiger partial charge in [0.25, 0.3) is 5.91 Å². The average Bonchev–Trinajstić information content (AvgIpc) is 2.68. The van der Waals surface area contributed by atoms with Crippen molar-refractivity contribution in [1.29, 1.82) is 0 Å². The number of hydrogen-bond donors (Lipinski definition) is 0. The van der Waals surface area contributed by atoms with E-state index >= 15 is 0 Å². The molecule has 1 atom stereocenters. The van der Waals surface area contributed by atoms with Gasteiger partial charge in [0.15, 0.2) is 0 Å². The van der Waals surface area contributed by atoms with Crippen molar-refractivity contribution in [3.8, 4) is 0 Å².